The highest BCUT2D eigenvalue weighted by atomic mass is 19.2. The van der Waals surface area contributed by atoms with Gasteiger partial charge >= 0.3 is 5.97 Å². The number of nitrogens with one attached hydrogen (secondary N) is 2. The van der Waals surface area contributed by atoms with E-state index in [4.69, 9.17) is 0 Å². The summed E-state index contributed by atoms with van der Waals surface area (Å²) in [7, 11) is 0. The van der Waals surface area contributed by atoms with Crippen LogP contribution in [-0.2, 0) is 14.4 Å². The van der Waals surface area contributed by atoms with Gasteiger partial charge in [-0.1, -0.05) is 6.92 Å². The molecule has 0 aliphatic heterocycles. The number of carboxylic acids is 1. The number of carboxylic acid groups (broad SMARTS) is 1. The van der Waals surface area contributed by atoms with Crippen LogP contribution in [0.2, 0.25) is 0 Å². The van der Waals surface area contributed by atoms with Gasteiger partial charge in [0.1, 0.15) is 24.4 Å². The normalized spacial score (nSPS) is 12.2. The van der Waals surface area contributed by atoms with Crippen LogP contribution >= 0.6 is 0 Å². The van der Waals surface area contributed by atoms with Crippen LogP contribution in [0.1, 0.15) is 36.2 Å². The van der Waals surface area contributed by atoms with E-state index in [1.54, 1.807) is 0 Å². The van der Waals surface area contributed by atoms with E-state index in [9.17, 15) is 46.6 Å². The molecule has 2 aromatic heterocycles. The minimum atomic E-state index is -1.92. The van der Waals surface area contributed by atoms with Crippen LogP contribution in [0.15, 0.2) is 53.7 Å². The van der Waals surface area contributed by atoms with Gasteiger partial charge in [-0.2, -0.15) is 8.78 Å². The molecule has 0 bridgehead atoms. The number of hydrogen-bond acceptors (Lipinski definition) is 7. The van der Waals surface area contributed by atoms with E-state index in [0.717, 1.165) is 4.57 Å². The summed E-state index contributed by atoms with van der Waals surface area (Å²) < 4.78 is 60.1. The van der Waals surface area contributed by atoms with Crippen molar-refractivity contribution in [1.29, 1.82) is 0 Å². The molecule has 15 heteroatoms. The summed E-state index contributed by atoms with van der Waals surface area (Å²) in [5.74, 6) is -13.4. The molecule has 11 nitrogen and oxygen atoms in total. The molecule has 0 aliphatic carbocycles. The highest BCUT2D eigenvalue weighted by Gasteiger charge is 2.30. The Kier molecular flexibility index (Phi) is 9.90. The molecule has 2 atom stereocenters. The number of pyridine rings is 2. The lowest BCUT2D eigenvalue weighted by Gasteiger charge is -2.22. The van der Waals surface area contributed by atoms with Crippen molar-refractivity contribution in [3.05, 3.63) is 88.1 Å². The van der Waals surface area contributed by atoms with Crippen molar-refractivity contribution in [2.45, 2.75) is 31.8 Å². The third-order valence-corrected chi connectivity index (χ3v) is 5.69. The lowest BCUT2D eigenvalue weighted by atomic mass is 10.1. The van der Waals surface area contributed by atoms with Crippen molar-refractivity contribution in [3.8, 4) is 5.75 Å². The molecular formula is C26H22F4N4O7. The van der Waals surface area contributed by atoms with Gasteiger partial charge in [-0.05, 0) is 30.7 Å². The molecule has 216 valence electrons. The Morgan fingerprint density at radius 1 is 1.07 bits per heavy atom. The molecule has 2 heterocycles. The van der Waals surface area contributed by atoms with E-state index in [1.165, 1.54) is 49.8 Å². The quantitative estimate of drug-likeness (QED) is 0.219. The zero-order chi connectivity index (χ0) is 30.3. The Balaban J connectivity index is 1.79. The first kappa shape index (κ1) is 30.5. The lowest BCUT2D eigenvalue weighted by Crippen LogP contribution is -2.48. The summed E-state index contributed by atoms with van der Waals surface area (Å²) >= 11 is 0. The van der Waals surface area contributed by atoms with E-state index in [-0.39, 0.29) is 23.7 Å². The Bertz CT molecular complexity index is 1510. The zero-order valence-corrected chi connectivity index (χ0v) is 21.2. The predicted octanol–water partition coefficient (Wildman–Crippen LogP) is 2.61. The van der Waals surface area contributed by atoms with Crippen LogP contribution < -0.4 is 20.9 Å². The molecule has 0 saturated carbocycles. The average Bonchev–Trinajstić information content (AvgIpc) is 2.94. The maximum absolute atomic E-state index is 13.9. The molecule has 41 heavy (non-hydrogen) atoms. The number of Topliss-reactive ketones (excluding diaryl/α,β-unsaturated/α-hetero) is 1. The molecule has 1 aromatic carbocycles. The van der Waals surface area contributed by atoms with Gasteiger partial charge in [0.25, 0.3) is 11.5 Å². The van der Waals surface area contributed by atoms with Crippen molar-refractivity contribution in [2.24, 2.45) is 0 Å². The maximum Gasteiger partial charge on any atom is 0.305 e. The largest absolute Gasteiger partial charge is 0.481 e. The molecular weight excluding hydrogens is 556 g/mol. The lowest BCUT2D eigenvalue weighted by molar-refractivity contribution is -0.140. The molecule has 0 saturated heterocycles. The number of rotatable bonds is 12. The van der Waals surface area contributed by atoms with Gasteiger partial charge in [-0.3, -0.25) is 29.0 Å². The second-order valence-electron chi connectivity index (χ2n) is 8.47. The van der Waals surface area contributed by atoms with Crippen LogP contribution in [0.4, 0.5) is 23.2 Å². The number of amides is 2. The molecule has 3 rings (SSSR count). The minimum Gasteiger partial charge on any atom is -0.481 e. The van der Waals surface area contributed by atoms with Crippen LogP contribution in [0, 0.1) is 23.3 Å². The van der Waals surface area contributed by atoms with E-state index in [1.807, 2.05) is 0 Å². The standard InChI is InChI=1S/C26H22F4N4O7/c1-2-18(34-8-4-6-16(26(34)40)32-24(38)13-5-3-7-31-11-13)25(39)33-17(10-20(36)37)19(35)12-41-23-21(29)14(27)9-15(28)22(23)30/h3-9,11,17-18H,2,10,12H2,1H3,(H,32,38)(H,33,39)(H,36,37)/t17-,18?/m0/s1. The second kappa shape index (κ2) is 13.3. The number of nitrogens with zero attached hydrogens (tertiary/aromatic N) is 2. The Morgan fingerprint density at radius 3 is 2.34 bits per heavy atom. The van der Waals surface area contributed by atoms with E-state index < -0.39 is 83.3 Å². The molecule has 1 unspecified atom stereocenters. The molecule has 0 fully saturated rings. The highest BCUT2D eigenvalue weighted by molar-refractivity contribution is 6.04. The van der Waals surface area contributed by atoms with Gasteiger partial charge in [0.2, 0.25) is 17.5 Å². The number of aliphatic carboxylic acids is 1. The summed E-state index contributed by atoms with van der Waals surface area (Å²) in [5.41, 5.74) is -0.828. The number of benzene rings is 1. The summed E-state index contributed by atoms with van der Waals surface area (Å²) in [4.78, 5) is 66.4. The molecule has 3 aromatic rings. The molecule has 0 aliphatic rings. The van der Waals surface area contributed by atoms with Crippen molar-refractivity contribution in [2.75, 3.05) is 11.9 Å². The first-order valence-corrected chi connectivity index (χ1v) is 11.9. The van der Waals surface area contributed by atoms with Gasteiger partial charge < -0.3 is 25.0 Å². The zero-order valence-electron chi connectivity index (χ0n) is 21.2. The van der Waals surface area contributed by atoms with Crippen molar-refractivity contribution in [1.82, 2.24) is 14.9 Å². The number of ketones is 1. The van der Waals surface area contributed by atoms with Crippen LogP contribution in [0.25, 0.3) is 0 Å². The van der Waals surface area contributed by atoms with E-state index in [2.05, 4.69) is 20.4 Å². The smallest absolute Gasteiger partial charge is 0.305 e. The van der Waals surface area contributed by atoms with Gasteiger partial charge in [-0.25, -0.2) is 8.78 Å². The number of aromatic nitrogens is 2. The fraction of sp³-hybridized carbons (Fsp3) is 0.231. The molecule has 3 N–H and O–H groups in total. The highest BCUT2D eigenvalue weighted by Crippen LogP contribution is 2.26. The minimum absolute atomic E-state index is 0.0325. The van der Waals surface area contributed by atoms with Gasteiger partial charge in [-0.15, -0.1) is 0 Å². The summed E-state index contributed by atoms with van der Waals surface area (Å²) in [6.45, 7) is 0.250. The van der Waals surface area contributed by atoms with Crippen molar-refractivity contribution in [3.63, 3.8) is 0 Å². The summed E-state index contributed by atoms with van der Waals surface area (Å²) in [6, 6.07) is 2.45. The Hall–Kier alpha value is -5.08. The first-order chi connectivity index (χ1) is 19.4. The molecule has 0 spiro atoms. The number of halogens is 4. The van der Waals surface area contributed by atoms with E-state index >= 15 is 0 Å². The monoisotopic (exact) mass is 578 g/mol. The van der Waals surface area contributed by atoms with Crippen molar-refractivity contribution < 1.29 is 46.6 Å². The van der Waals surface area contributed by atoms with Crippen LogP contribution in [0.5, 0.6) is 5.75 Å². The Labute approximate surface area is 228 Å². The van der Waals surface area contributed by atoms with Gasteiger partial charge in [0, 0.05) is 24.7 Å². The molecule has 2 amide bonds. The first-order valence-electron chi connectivity index (χ1n) is 11.9. The topological polar surface area (TPSA) is 157 Å². The predicted molar refractivity (Wildman–Crippen MR) is 133 cm³/mol. The van der Waals surface area contributed by atoms with Crippen LogP contribution in [0.3, 0.4) is 0 Å². The summed E-state index contributed by atoms with van der Waals surface area (Å²) in [6.07, 6.45) is 2.92. The number of anilines is 1. The average molecular weight is 578 g/mol. The maximum atomic E-state index is 13.9. The van der Waals surface area contributed by atoms with Gasteiger partial charge in [0.05, 0.1) is 12.0 Å². The second-order valence-corrected chi connectivity index (χ2v) is 8.47. The SMILES string of the molecule is CCC(C(=O)N[C@@H](CC(=O)O)C(=O)COc1c(F)c(F)cc(F)c1F)n1cccc(NC(=O)c2cccnc2)c1=O. The third-order valence-electron chi connectivity index (χ3n) is 5.69. The number of carbonyl (C=O) groups excluding carboxylic acids is 3. The number of ether oxygens (including phenoxy) is 1. The number of hydrogen-bond donors (Lipinski definition) is 3. The fourth-order valence-electron chi connectivity index (χ4n) is 3.66. The third kappa shape index (κ3) is 7.32. The summed E-state index contributed by atoms with van der Waals surface area (Å²) in [5, 5.41) is 13.8. The van der Waals surface area contributed by atoms with Gasteiger partial charge in [0.15, 0.2) is 23.2 Å². The number of carbonyl (C=O) groups is 4. The van der Waals surface area contributed by atoms with Crippen LogP contribution in [-0.4, -0.2) is 50.9 Å². The fourth-order valence-corrected chi connectivity index (χ4v) is 3.66. The van der Waals surface area contributed by atoms with Crippen molar-refractivity contribution >= 4 is 29.3 Å². The molecule has 0 radical (unpaired) electrons. The Morgan fingerprint density at radius 2 is 1.76 bits per heavy atom. The van der Waals surface area contributed by atoms with E-state index in [0.29, 0.717) is 0 Å².